The van der Waals surface area contributed by atoms with E-state index in [-0.39, 0.29) is 0 Å². The van der Waals surface area contributed by atoms with Crippen molar-refractivity contribution in [2.45, 2.75) is 27.2 Å². The Morgan fingerprint density at radius 1 is 1.50 bits per heavy atom. The van der Waals surface area contributed by atoms with Crippen LogP contribution in [-0.4, -0.2) is 15.7 Å². The van der Waals surface area contributed by atoms with E-state index in [1.54, 1.807) is 0 Å². The van der Waals surface area contributed by atoms with Gasteiger partial charge < -0.3 is 0 Å². The maximum atomic E-state index is 11.2. The highest BCUT2D eigenvalue weighted by Crippen LogP contribution is 2.31. The molecule has 0 aliphatic carbocycles. The van der Waals surface area contributed by atoms with E-state index in [9.17, 15) is 4.21 Å². The zero-order valence-electron chi connectivity index (χ0n) is 7.02. The van der Waals surface area contributed by atoms with E-state index in [1.807, 2.05) is 0 Å². The van der Waals surface area contributed by atoms with E-state index in [0.29, 0.717) is 11.3 Å². The third-order valence-corrected chi connectivity index (χ3v) is 3.97. The number of rotatable bonds is 0. The van der Waals surface area contributed by atoms with Crippen molar-refractivity contribution in [3.8, 4) is 0 Å². The first kappa shape index (κ1) is 8.25. The normalized spacial score (nSPS) is 39.5. The summed E-state index contributed by atoms with van der Waals surface area (Å²) in [4.78, 5) is 0. The van der Waals surface area contributed by atoms with Crippen LogP contribution < -0.4 is 0 Å². The molecule has 0 N–H and O–H groups in total. The molecule has 0 aromatic carbocycles. The molecule has 0 aromatic rings. The zero-order chi connectivity index (χ0) is 7.78. The largest absolute Gasteiger partial charge is 0.260 e. The van der Waals surface area contributed by atoms with E-state index in [4.69, 9.17) is 0 Å². The van der Waals surface area contributed by atoms with Crippen molar-refractivity contribution in [3.63, 3.8) is 0 Å². The Hall–Kier alpha value is 0.150. The average Bonchev–Trinajstić information content (AvgIpc) is 1.54. The fourth-order valence-electron chi connectivity index (χ4n) is 1.87. The van der Waals surface area contributed by atoms with Crippen LogP contribution in [0.5, 0.6) is 0 Å². The van der Waals surface area contributed by atoms with E-state index < -0.39 is 10.8 Å². The van der Waals surface area contributed by atoms with Crippen LogP contribution in [-0.2, 0) is 10.8 Å². The van der Waals surface area contributed by atoms with Gasteiger partial charge in [0.1, 0.15) is 0 Å². The van der Waals surface area contributed by atoms with Gasteiger partial charge >= 0.3 is 0 Å². The van der Waals surface area contributed by atoms with Crippen LogP contribution in [0, 0.1) is 11.3 Å². The predicted molar refractivity (Wildman–Crippen MR) is 45.4 cm³/mol. The summed E-state index contributed by atoms with van der Waals surface area (Å²) in [6, 6.07) is 0. The Morgan fingerprint density at radius 2 is 2.10 bits per heavy atom. The Labute approximate surface area is 65.7 Å². The lowest BCUT2D eigenvalue weighted by atomic mass is 9.85. The third kappa shape index (κ3) is 2.08. The summed E-state index contributed by atoms with van der Waals surface area (Å²) < 4.78 is 11.2. The number of hydrogen-bond donors (Lipinski definition) is 0. The van der Waals surface area contributed by atoms with E-state index in [0.717, 1.165) is 11.5 Å². The lowest BCUT2D eigenvalue weighted by molar-refractivity contribution is 0.313. The fourth-order valence-corrected chi connectivity index (χ4v) is 3.73. The smallest absolute Gasteiger partial charge is 0.0286 e. The molecule has 1 fully saturated rings. The third-order valence-electron chi connectivity index (χ3n) is 1.92. The lowest BCUT2D eigenvalue weighted by Crippen LogP contribution is -2.32. The van der Waals surface area contributed by atoms with Crippen molar-refractivity contribution >= 4 is 10.8 Å². The van der Waals surface area contributed by atoms with Gasteiger partial charge in [0.2, 0.25) is 0 Å². The predicted octanol–water partition coefficient (Wildman–Crippen LogP) is 1.80. The molecule has 1 rings (SSSR count). The van der Waals surface area contributed by atoms with Gasteiger partial charge in [0.05, 0.1) is 0 Å². The molecule has 2 unspecified atom stereocenters. The van der Waals surface area contributed by atoms with Gasteiger partial charge in [-0.3, -0.25) is 4.21 Å². The summed E-state index contributed by atoms with van der Waals surface area (Å²) in [5.74, 6) is 2.48. The topological polar surface area (TPSA) is 17.1 Å². The van der Waals surface area contributed by atoms with E-state index in [2.05, 4.69) is 20.8 Å². The SMILES string of the molecule is CC1CS(=O)CC(C)(C)C1. The van der Waals surface area contributed by atoms with Gasteiger partial charge in [-0.15, -0.1) is 0 Å². The second-order valence-electron chi connectivity index (χ2n) is 4.22. The molecule has 1 aliphatic heterocycles. The van der Waals surface area contributed by atoms with Gasteiger partial charge in [-0.2, -0.15) is 0 Å². The van der Waals surface area contributed by atoms with E-state index >= 15 is 0 Å². The van der Waals surface area contributed by atoms with Gasteiger partial charge in [0.15, 0.2) is 0 Å². The maximum absolute atomic E-state index is 11.2. The van der Waals surface area contributed by atoms with Crippen LogP contribution in [0.3, 0.4) is 0 Å². The summed E-state index contributed by atoms with van der Waals surface area (Å²) in [7, 11) is -0.540. The highest BCUT2D eigenvalue weighted by Gasteiger charge is 2.29. The first-order chi connectivity index (χ1) is 4.49. The van der Waals surface area contributed by atoms with Crippen molar-refractivity contribution in [1.82, 2.24) is 0 Å². The molecular formula is C8H16OS. The molecule has 0 saturated carbocycles. The molecule has 0 radical (unpaired) electrons. The van der Waals surface area contributed by atoms with Crippen LogP contribution in [0.1, 0.15) is 27.2 Å². The van der Waals surface area contributed by atoms with Gasteiger partial charge in [0, 0.05) is 22.3 Å². The Kier molecular flexibility index (Phi) is 2.18. The minimum absolute atomic E-state index is 0.322. The van der Waals surface area contributed by atoms with Crippen molar-refractivity contribution < 1.29 is 4.21 Å². The van der Waals surface area contributed by atoms with Crippen molar-refractivity contribution in [3.05, 3.63) is 0 Å². The van der Waals surface area contributed by atoms with Gasteiger partial charge in [-0.25, -0.2) is 0 Å². The van der Waals surface area contributed by atoms with Crippen molar-refractivity contribution in [2.24, 2.45) is 11.3 Å². The molecule has 0 bridgehead atoms. The van der Waals surface area contributed by atoms with Gasteiger partial charge in [0.25, 0.3) is 0 Å². The molecule has 1 nitrogen and oxygen atoms in total. The minimum atomic E-state index is -0.540. The first-order valence-corrected chi connectivity index (χ1v) is 5.33. The summed E-state index contributed by atoms with van der Waals surface area (Å²) >= 11 is 0. The monoisotopic (exact) mass is 160 g/mol. The lowest BCUT2D eigenvalue weighted by Gasteiger charge is -2.32. The molecule has 0 amide bonds. The molecule has 1 saturated heterocycles. The first-order valence-electron chi connectivity index (χ1n) is 3.84. The zero-order valence-corrected chi connectivity index (χ0v) is 7.83. The summed E-state index contributed by atoms with van der Waals surface area (Å²) in [6.07, 6.45) is 1.23. The van der Waals surface area contributed by atoms with Crippen LogP contribution in [0.2, 0.25) is 0 Å². The molecule has 2 atom stereocenters. The van der Waals surface area contributed by atoms with Crippen LogP contribution in [0.25, 0.3) is 0 Å². The molecule has 2 heteroatoms. The van der Waals surface area contributed by atoms with Crippen LogP contribution in [0.4, 0.5) is 0 Å². The van der Waals surface area contributed by atoms with Crippen molar-refractivity contribution in [1.29, 1.82) is 0 Å². The highest BCUT2D eigenvalue weighted by molar-refractivity contribution is 7.85. The quantitative estimate of drug-likeness (QED) is 0.528. The minimum Gasteiger partial charge on any atom is -0.260 e. The Balaban J connectivity index is 2.59. The molecule has 0 spiro atoms. The molecule has 60 valence electrons. The van der Waals surface area contributed by atoms with Crippen molar-refractivity contribution in [2.75, 3.05) is 11.5 Å². The van der Waals surface area contributed by atoms with Gasteiger partial charge in [-0.1, -0.05) is 20.8 Å². The highest BCUT2D eigenvalue weighted by atomic mass is 32.2. The number of hydrogen-bond acceptors (Lipinski definition) is 1. The molecule has 1 aliphatic rings. The second kappa shape index (κ2) is 2.65. The molecule has 10 heavy (non-hydrogen) atoms. The van der Waals surface area contributed by atoms with Crippen LogP contribution in [0.15, 0.2) is 0 Å². The standard InChI is InChI=1S/C8H16OS/c1-7-4-8(2,3)6-10(9)5-7/h7H,4-6H2,1-3H3. The summed E-state index contributed by atoms with van der Waals surface area (Å²) in [5.41, 5.74) is 0.322. The van der Waals surface area contributed by atoms with E-state index in [1.165, 1.54) is 6.42 Å². The van der Waals surface area contributed by atoms with Gasteiger partial charge in [-0.05, 0) is 17.8 Å². The fraction of sp³-hybridized carbons (Fsp3) is 1.00. The average molecular weight is 160 g/mol. The molecule has 0 aromatic heterocycles. The Bertz CT molecular complexity index is 151. The maximum Gasteiger partial charge on any atom is 0.0286 e. The summed E-state index contributed by atoms with van der Waals surface area (Å²) in [6.45, 7) is 6.61. The Morgan fingerprint density at radius 3 is 2.50 bits per heavy atom. The molecular weight excluding hydrogens is 144 g/mol. The summed E-state index contributed by atoms with van der Waals surface area (Å²) in [5, 5.41) is 0. The van der Waals surface area contributed by atoms with Crippen LogP contribution >= 0.6 is 0 Å². The second-order valence-corrected chi connectivity index (χ2v) is 5.73. The molecule has 1 heterocycles.